The number of aliphatic imine (C=N–C) groups is 1. The lowest BCUT2D eigenvalue weighted by molar-refractivity contribution is -0.135. The molecule has 3 rings (SSSR count). The lowest BCUT2D eigenvalue weighted by Crippen LogP contribution is -2.46. The number of carbonyl (C=O) groups is 1. The first-order valence-corrected chi connectivity index (χ1v) is 15.4. The van der Waals surface area contributed by atoms with Gasteiger partial charge in [-0.25, -0.2) is 4.79 Å². The van der Waals surface area contributed by atoms with Crippen LogP contribution in [0.15, 0.2) is 64.8 Å². The van der Waals surface area contributed by atoms with E-state index in [1.165, 1.54) is 0 Å². The molecule has 2 amide bonds. The molecule has 2 aromatic rings. The second kappa shape index (κ2) is 16.6. The molecular weight excluding hydrogens is 591 g/mol. The number of hydrogen-bond donors (Lipinski definition) is 4. The van der Waals surface area contributed by atoms with Crippen molar-refractivity contribution in [2.75, 3.05) is 13.1 Å². The van der Waals surface area contributed by atoms with Crippen molar-refractivity contribution in [2.24, 2.45) is 10.7 Å². The van der Waals surface area contributed by atoms with Crippen molar-refractivity contribution >= 4 is 29.2 Å². The minimum Gasteiger partial charge on any atom is -0.400 e. The van der Waals surface area contributed by atoms with Crippen LogP contribution in [-0.4, -0.2) is 52.5 Å². The third-order valence-electron chi connectivity index (χ3n) is 7.53. The second-order valence-corrected chi connectivity index (χ2v) is 11.4. The highest BCUT2D eigenvalue weighted by Crippen LogP contribution is 2.31. The van der Waals surface area contributed by atoms with E-state index in [4.69, 9.17) is 22.7 Å². The van der Waals surface area contributed by atoms with Gasteiger partial charge in [0, 0.05) is 35.0 Å². The number of urea groups is 1. The van der Waals surface area contributed by atoms with Gasteiger partial charge >= 0.3 is 12.2 Å². The number of hydrogen-bond acceptors (Lipinski definition) is 5. The Morgan fingerprint density at radius 1 is 1.20 bits per heavy atom. The molecule has 0 bridgehead atoms. The summed E-state index contributed by atoms with van der Waals surface area (Å²) in [7, 11) is 0. The fourth-order valence-corrected chi connectivity index (χ4v) is 4.88. The number of carbonyl (C=O) groups excluding carboxylic acids is 1. The zero-order chi connectivity index (χ0) is 33.1. The molecule has 2 aromatic carbocycles. The normalized spacial score (nSPS) is 19.5. The lowest BCUT2D eigenvalue weighted by atomic mass is 9.81. The van der Waals surface area contributed by atoms with Gasteiger partial charge in [0.2, 0.25) is 0 Å². The number of alkyl halides is 3. The molecule has 0 saturated heterocycles. The van der Waals surface area contributed by atoms with E-state index in [0.717, 1.165) is 22.4 Å². The van der Waals surface area contributed by atoms with E-state index in [1.54, 1.807) is 25.1 Å². The molecule has 0 radical (unpaired) electrons. The van der Waals surface area contributed by atoms with Crippen LogP contribution in [0.5, 0.6) is 0 Å². The number of aliphatic hydroxyl groups is 1. The Morgan fingerprint density at radius 3 is 2.43 bits per heavy atom. The highest BCUT2D eigenvalue weighted by atomic mass is 35.5. The van der Waals surface area contributed by atoms with Gasteiger partial charge < -0.3 is 16.2 Å². The molecule has 0 aliphatic heterocycles. The summed E-state index contributed by atoms with van der Waals surface area (Å²) >= 11 is 6.27. The fourth-order valence-electron chi connectivity index (χ4n) is 4.69. The summed E-state index contributed by atoms with van der Waals surface area (Å²) in [5.41, 5.74) is 9.12. The third kappa shape index (κ3) is 11.0. The number of nitrogens with one attached hydrogen (secondary N) is 2. The maximum Gasteiger partial charge on any atom is 0.390 e. The molecule has 2 atom stereocenters. The van der Waals surface area contributed by atoms with Crippen molar-refractivity contribution in [1.82, 2.24) is 10.2 Å². The molecule has 1 aliphatic carbocycles. The highest BCUT2D eigenvalue weighted by Gasteiger charge is 2.33. The van der Waals surface area contributed by atoms with Gasteiger partial charge in [-0.1, -0.05) is 81.8 Å². The van der Waals surface area contributed by atoms with E-state index in [2.05, 4.69) is 17.2 Å². The first-order valence-electron chi connectivity index (χ1n) is 15.0. The maximum atomic E-state index is 13.2. The Bertz CT molecular complexity index is 1320. The van der Waals surface area contributed by atoms with Crippen LogP contribution in [0.4, 0.5) is 18.0 Å². The average molecular weight is 636 g/mol. The van der Waals surface area contributed by atoms with Gasteiger partial charge in [0.05, 0.1) is 25.1 Å². The maximum absolute atomic E-state index is 13.2. The molecule has 2 unspecified atom stereocenters. The van der Waals surface area contributed by atoms with Crippen molar-refractivity contribution in [3.8, 4) is 0 Å². The molecule has 0 heterocycles. The van der Waals surface area contributed by atoms with Crippen LogP contribution < -0.4 is 11.1 Å². The average Bonchev–Trinajstić information content (AvgIpc) is 2.99. The quantitative estimate of drug-likeness (QED) is 0.165. The second-order valence-electron chi connectivity index (χ2n) is 11.0. The monoisotopic (exact) mass is 635 g/mol. The van der Waals surface area contributed by atoms with Gasteiger partial charge in [-0.3, -0.25) is 15.3 Å². The zero-order valence-electron chi connectivity index (χ0n) is 26.2. The number of amidine groups is 1. The highest BCUT2D eigenvalue weighted by molar-refractivity contribution is 6.31. The van der Waals surface area contributed by atoms with E-state index in [9.17, 15) is 23.1 Å². The summed E-state index contributed by atoms with van der Waals surface area (Å²) in [6.07, 6.45) is -3.78. The summed E-state index contributed by atoms with van der Waals surface area (Å²) in [4.78, 5) is 18.6. The predicted octanol–water partition coefficient (Wildman–Crippen LogP) is 7.96. The van der Waals surface area contributed by atoms with E-state index in [0.29, 0.717) is 34.7 Å². The molecule has 7 nitrogen and oxygen atoms in total. The molecular formula is C33H45ClF3N5O2. The van der Waals surface area contributed by atoms with Crippen LogP contribution in [0.1, 0.15) is 89.3 Å². The SMILES string of the molecule is CC.CCC(C)c1ccc(C(=N)N(CCC(F)(F)F)C(=O)NC/C(N)=C2\CCC(C)(O)CC2=NCc2ccccc2Cl)cc1. The number of halogens is 4. The summed E-state index contributed by atoms with van der Waals surface area (Å²) < 4.78 is 39.3. The van der Waals surface area contributed by atoms with Crippen molar-refractivity contribution in [3.63, 3.8) is 0 Å². The molecule has 1 aliphatic rings. The Balaban J connectivity index is 0.00000330. The van der Waals surface area contributed by atoms with Gasteiger partial charge in [-0.2, -0.15) is 13.2 Å². The Labute approximate surface area is 263 Å². The summed E-state index contributed by atoms with van der Waals surface area (Å²) in [6, 6.07) is 13.3. The fraction of sp³-hybridized carbons (Fsp3) is 0.485. The van der Waals surface area contributed by atoms with Gasteiger partial charge in [0.1, 0.15) is 5.84 Å². The molecule has 0 aromatic heterocycles. The Hall–Kier alpha value is -3.37. The number of allylic oxidation sites excluding steroid dienone is 1. The smallest absolute Gasteiger partial charge is 0.390 e. The van der Waals surface area contributed by atoms with Crippen molar-refractivity contribution in [3.05, 3.63) is 81.5 Å². The first kappa shape index (κ1) is 36.8. The standard InChI is InChI=1S/C31H39ClF3N5O2.C2H6/c1-4-20(2)21-9-11-22(12-10-21)28(37)40(16-15-31(33,34)35)29(41)39-19-26(36)24-13-14-30(3,42)17-27(24)38-18-23-7-5-6-8-25(23)32;1-2/h5-12,20,37,42H,4,13-19,36H2,1-3H3,(H,39,41);1-2H3/b26-24-,37-28?,38-27?;. The minimum absolute atomic E-state index is 0.163. The van der Waals surface area contributed by atoms with Gasteiger partial charge in [0.25, 0.3) is 0 Å². The molecule has 1 fully saturated rings. The van der Waals surface area contributed by atoms with Gasteiger partial charge in [-0.15, -0.1) is 0 Å². The summed E-state index contributed by atoms with van der Waals surface area (Å²) in [5.74, 6) is -0.0511. The number of nitrogens with zero attached hydrogens (tertiary/aromatic N) is 2. The number of amides is 2. The van der Waals surface area contributed by atoms with Crippen molar-refractivity contribution < 1.29 is 23.1 Å². The zero-order valence-corrected chi connectivity index (χ0v) is 26.9. The van der Waals surface area contributed by atoms with E-state index < -0.39 is 30.8 Å². The Morgan fingerprint density at radius 2 is 1.84 bits per heavy atom. The third-order valence-corrected chi connectivity index (χ3v) is 7.89. The van der Waals surface area contributed by atoms with Crippen LogP contribution in [0.25, 0.3) is 0 Å². The molecule has 1 saturated carbocycles. The predicted molar refractivity (Wildman–Crippen MR) is 172 cm³/mol. The van der Waals surface area contributed by atoms with Crippen LogP contribution in [0, 0.1) is 5.41 Å². The Kier molecular flexibility index (Phi) is 13.9. The van der Waals surface area contributed by atoms with Crippen molar-refractivity contribution in [2.45, 2.75) is 91.0 Å². The number of rotatable bonds is 9. The molecule has 0 spiro atoms. The van der Waals surface area contributed by atoms with E-state index in [1.807, 2.05) is 51.1 Å². The molecule has 11 heteroatoms. The lowest BCUT2D eigenvalue weighted by Gasteiger charge is -2.32. The van der Waals surface area contributed by atoms with Gasteiger partial charge in [-0.05, 0) is 54.9 Å². The molecule has 5 N–H and O–H groups in total. The van der Waals surface area contributed by atoms with Gasteiger partial charge in [0.15, 0.2) is 0 Å². The van der Waals surface area contributed by atoms with Crippen molar-refractivity contribution in [1.29, 1.82) is 5.41 Å². The minimum atomic E-state index is -4.51. The molecule has 242 valence electrons. The topological polar surface area (TPSA) is 115 Å². The largest absolute Gasteiger partial charge is 0.400 e. The molecule has 44 heavy (non-hydrogen) atoms. The number of benzene rings is 2. The van der Waals surface area contributed by atoms with Crippen LogP contribution in [0.2, 0.25) is 5.02 Å². The van der Waals surface area contributed by atoms with E-state index in [-0.39, 0.29) is 37.0 Å². The first-order chi connectivity index (χ1) is 20.7. The van der Waals surface area contributed by atoms with E-state index >= 15 is 0 Å². The van der Waals surface area contributed by atoms with Crippen LogP contribution in [-0.2, 0) is 6.54 Å². The summed E-state index contributed by atoms with van der Waals surface area (Å²) in [5, 5.41) is 22.4. The van der Waals surface area contributed by atoms with Crippen LogP contribution in [0.3, 0.4) is 0 Å². The van der Waals surface area contributed by atoms with Crippen LogP contribution >= 0.6 is 11.6 Å². The number of nitrogens with two attached hydrogens (primary N) is 1. The summed E-state index contributed by atoms with van der Waals surface area (Å²) in [6.45, 7) is 9.21.